The second-order valence-corrected chi connectivity index (χ2v) is 5.79. The van der Waals surface area contributed by atoms with E-state index in [1.807, 2.05) is 13.0 Å². The summed E-state index contributed by atoms with van der Waals surface area (Å²) in [6.07, 6.45) is 2.56. The second kappa shape index (κ2) is 5.06. The maximum Gasteiger partial charge on any atom is 0.303 e. The first-order valence-electron chi connectivity index (χ1n) is 7.25. The number of fused-ring (bicyclic) bond motifs is 2. The number of carbonyl (C=O) groups is 2. The topological polar surface area (TPSA) is 72.8 Å². The summed E-state index contributed by atoms with van der Waals surface area (Å²) in [5.41, 5.74) is 1.03. The molecule has 1 heterocycles. The molecule has 3 rings (SSSR count). The molecule has 5 nitrogen and oxygen atoms in total. The molecule has 0 aromatic heterocycles. The van der Waals surface area contributed by atoms with Gasteiger partial charge in [-0.3, -0.25) is 9.59 Å². The number of ketones is 1. The van der Waals surface area contributed by atoms with Crippen LogP contribution < -0.4 is 9.47 Å². The molecular weight excluding hydrogens is 272 g/mol. The van der Waals surface area contributed by atoms with Gasteiger partial charge in [0.05, 0.1) is 0 Å². The lowest BCUT2D eigenvalue weighted by Gasteiger charge is -2.26. The normalized spacial score (nSPS) is 22.4. The second-order valence-electron chi connectivity index (χ2n) is 5.79. The minimum absolute atomic E-state index is 0.0203. The van der Waals surface area contributed by atoms with Gasteiger partial charge in [0.2, 0.25) is 6.79 Å². The molecular formula is C16H18O5. The minimum Gasteiger partial charge on any atom is -0.481 e. The van der Waals surface area contributed by atoms with Gasteiger partial charge in [0.15, 0.2) is 17.3 Å². The summed E-state index contributed by atoms with van der Waals surface area (Å²) in [6, 6.07) is 3.62. The first kappa shape index (κ1) is 13.9. The maximum atomic E-state index is 12.8. The Bertz CT molecular complexity index is 607. The van der Waals surface area contributed by atoms with Crippen LogP contribution in [-0.4, -0.2) is 23.7 Å². The van der Waals surface area contributed by atoms with E-state index in [1.54, 1.807) is 6.07 Å². The van der Waals surface area contributed by atoms with Crippen molar-refractivity contribution in [1.29, 1.82) is 0 Å². The molecule has 0 amide bonds. The van der Waals surface area contributed by atoms with Crippen LogP contribution in [-0.2, 0) is 11.2 Å². The average Bonchev–Trinajstić information content (AvgIpc) is 2.99. The van der Waals surface area contributed by atoms with Crippen LogP contribution in [0.5, 0.6) is 11.5 Å². The summed E-state index contributed by atoms with van der Waals surface area (Å²) in [7, 11) is 0. The van der Waals surface area contributed by atoms with Crippen LogP contribution >= 0.6 is 0 Å². The van der Waals surface area contributed by atoms with Crippen LogP contribution in [0.1, 0.15) is 48.5 Å². The van der Waals surface area contributed by atoms with Gasteiger partial charge in [0.1, 0.15) is 0 Å². The van der Waals surface area contributed by atoms with Crippen molar-refractivity contribution in [3.05, 3.63) is 23.3 Å². The van der Waals surface area contributed by atoms with E-state index in [0.717, 1.165) is 12.0 Å². The molecule has 1 aliphatic carbocycles. The molecule has 1 aromatic carbocycles. The number of carboxylic acids is 1. The lowest BCUT2D eigenvalue weighted by Crippen LogP contribution is -2.29. The van der Waals surface area contributed by atoms with Crippen molar-refractivity contribution in [2.45, 2.75) is 39.0 Å². The van der Waals surface area contributed by atoms with Crippen molar-refractivity contribution in [1.82, 2.24) is 0 Å². The molecule has 21 heavy (non-hydrogen) atoms. The van der Waals surface area contributed by atoms with Crippen LogP contribution in [0.3, 0.4) is 0 Å². The third-order valence-electron chi connectivity index (χ3n) is 4.40. The number of rotatable bonds is 5. The van der Waals surface area contributed by atoms with Gasteiger partial charge in [-0.25, -0.2) is 0 Å². The van der Waals surface area contributed by atoms with Crippen molar-refractivity contribution in [2.75, 3.05) is 6.79 Å². The van der Waals surface area contributed by atoms with Gasteiger partial charge < -0.3 is 14.6 Å². The largest absolute Gasteiger partial charge is 0.481 e. The summed E-state index contributed by atoms with van der Waals surface area (Å²) >= 11 is 0. The van der Waals surface area contributed by atoms with Crippen molar-refractivity contribution in [3.63, 3.8) is 0 Å². The van der Waals surface area contributed by atoms with E-state index in [2.05, 4.69) is 0 Å². The first-order chi connectivity index (χ1) is 10.1. The van der Waals surface area contributed by atoms with Crippen molar-refractivity contribution >= 4 is 11.8 Å². The Labute approximate surface area is 122 Å². The van der Waals surface area contributed by atoms with E-state index in [0.29, 0.717) is 36.3 Å². The Morgan fingerprint density at radius 2 is 2.00 bits per heavy atom. The van der Waals surface area contributed by atoms with Crippen LogP contribution in [0, 0.1) is 5.41 Å². The molecule has 0 spiro atoms. The Morgan fingerprint density at radius 3 is 2.67 bits per heavy atom. The van der Waals surface area contributed by atoms with E-state index >= 15 is 0 Å². The fourth-order valence-corrected chi connectivity index (χ4v) is 3.43. The van der Waals surface area contributed by atoms with Gasteiger partial charge in [-0.15, -0.1) is 0 Å². The quantitative estimate of drug-likeness (QED) is 0.902. The van der Waals surface area contributed by atoms with Crippen LogP contribution in [0.15, 0.2) is 12.1 Å². The van der Waals surface area contributed by atoms with Gasteiger partial charge in [0.25, 0.3) is 0 Å². The predicted molar refractivity (Wildman–Crippen MR) is 74.8 cm³/mol. The van der Waals surface area contributed by atoms with Crippen molar-refractivity contribution in [3.8, 4) is 11.5 Å². The summed E-state index contributed by atoms with van der Waals surface area (Å²) in [6.45, 7) is 2.20. The number of Topliss-reactive ketones (excluding diaryl/α,β-unsaturated/α-hetero) is 1. The van der Waals surface area contributed by atoms with Gasteiger partial charge >= 0.3 is 5.97 Å². The van der Waals surface area contributed by atoms with Crippen LogP contribution in [0.2, 0.25) is 0 Å². The van der Waals surface area contributed by atoms with E-state index in [1.165, 1.54) is 0 Å². The number of hydrogen-bond acceptors (Lipinski definition) is 4. The highest BCUT2D eigenvalue weighted by molar-refractivity contribution is 6.05. The van der Waals surface area contributed by atoms with Gasteiger partial charge in [-0.05, 0) is 37.0 Å². The molecule has 1 N–H and O–H groups in total. The van der Waals surface area contributed by atoms with E-state index in [4.69, 9.17) is 14.6 Å². The molecule has 1 unspecified atom stereocenters. The summed E-state index contributed by atoms with van der Waals surface area (Å²) < 4.78 is 10.7. The Morgan fingerprint density at radius 1 is 1.29 bits per heavy atom. The minimum atomic E-state index is -0.858. The number of ether oxygens (including phenoxy) is 2. The Balaban J connectivity index is 1.94. The highest BCUT2D eigenvalue weighted by Gasteiger charge is 2.45. The summed E-state index contributed by atoms with van der Waals surface area (Å²) in [4.78, 5) is 23.7. The fourth-order valence-electron chi connectivity index (χ4n) is 3.43. The summed E-state index contributed by atoms with van der Waals surface area (Å²) in [5, 5.41) is 8.94. The molecule has 1 aromatic rings. The van der Waals surface area contributed by atoms with E-state index < -0.39 is 11.4 Å². The van der Waals surface area contributed by atoms with Gasteiger partial charge in [-0.1, -0.05) is 13.3 Å². The highest BCUT2D eigenvalue weighted by atomic mass is 16.7. The molecule has 0 saturated carbocycles. The Hall–Kier alpha value is -2.04. The predicted octanol–water partition coefficient (Wildman–Crippen LogP) is 2.81. The molecule has 2 aliphatic rings. The molecule has 1 aliphatic heterocycles. The Kier molecular flexibility index (Phi) is 3.35. The van der Waals surface area contributed by atoms with Gasteiger partial charge in [0, 0.05) is 17.4 Å². The van der Waals surface area contributed by atoms with Crippen LogP contribution in [0.25, 0.3) is 0 Å². The van der Waals surface area contributed by atoms with E-state index in [9.17, 15) is 9.59 Å². The zero-order valence-electron chi connectivity index (χ0n) is 12.0. The number of carboxylic acid groups (broad SMARTS) is 1. The van der Waals surface area contributed by atoms with Gasteiger partial charge in [-0.2, -0.15) is 0 Å². The van der Waals surface area contributed by atoms with Crippen LogP contribution in [0.4, 0.5) is 0 Å². The zero-order chi connectivity index (χ0) is 15.0. The lowest BCUT2D eigenvalue weighted by atomic mass is 9.75. The zero-order valence-corrected chi connectivity index (χ0v) is 12.0. The lowest BCUT2D eigenvalue weighted by molar-refractivity contribution is -0.137. The monoisotopic (exact) mass is 290 g/mol. The average molecular weight is 290 g/mol. The molecule has 0 fully saturated rings. The van der Waals surface area contributed by atoms with E-state index in [-0.39, 0.29) is 19.0 Å². The SMILES string of the molecule is CCCC1(CCC(=O)O)Cc2cc3c(cc2C1=O)OCO3. The van der Waals surface area contributed by atoms with Crippen molar-refractivity contribution < 1.29 is 24.2 Å². The molecule has 0 radical (unpaired) electrons. The number of hydrogen-bond donors (Lipinski definition) is 1. The third kappa shape index (κ3) is 2.26. The number of benzene rings is 1. The molecule has 0 saturated heterocycles. The molecule has 112 valence electrons. The highest BCUT2D eigenvalue weighted by Crippen LogP contribution is 2.47. The molecule has 1 atom stereocenters. The smallest absolute Gasteiger partial charge is 0.303 e. The molecule has 5 heteroatoms. The first-order valence-corrected chi connectivity index (χ1v) is 7.25. The van der Waals surface area contributed by atoms with Crippen molar-refractivity contribution in [2.24, 2.45) is 5.41 Å². The molecule has 0 bridgehead atoms. The number of aliphatic carboxylic acids is 1. The standard InChI is InChI=1S/C16H18O5/c1-2-4-16(5-3-14(17)18)8-10-6-12-13(21-9-20-12)7-11(10)15(16)19/h6-7H,2-5,8-9H2,1H3,(H,17,18). The number of carbonyl (C=O) groups excluding carboxylic acids is 1. The maximum absolute atomic E-state index is 12.8. The summed E-state index contributed by atoms with van der Waals surface area (Å²) in [5.74, 6) is 0.474. The fraction of sp³-hybridized carbons (Fsp3) is 0.500. The third-order valence-corrected chi connectivity index (χ3v) is 4.40.